The number of aliphatic carboxylic acids is 1. The predicted molar refractivity (Wildman–Crippen MR) is 126 cm³/mol. The fourth-order valence-electron chi connectivity index (χ4n) is 5.27. The number of alkyl halides is 5. The first kappa shape index (κ1) is 27.0. The summed E-state index contributed by atoms with van der Waals surface area (Å²) in [5.74, 6) is -1.16. The first-order chi connectivity index (χ1) is 17.6. The van der Waals surface area contributed by atoms with Crippen molar-refractivity contribution in [3.05, 3.63) is 35.9 Å². The van der Waals surface area contributed by atoms with Crippen LogP contribution in [0.4, 0.5) is 27.8 Å². The van der Waals surface area contributed by atoms with Crippen LogP contribution < -0.4 is 4.90 Å². The van der Waals surface area contributed by atoms with E-state index in [4.69, 9.17) is 0 Å². The van der Waals surface area contributed by atoms with Gasteiger partial charge >= 0.3 is 12.1 Å². The number of hydrogen-bond donors (Lipinski definition) is 1. The van der Waals surface area contributed by atoms with E-state index >= 15 is 0 Å². The van der Waals surface area contributed by atoms with E-state index in [9.17, 15) is 36.6 Å². The van der Waals surface area contributed by atoms with Crippen molar-refractivity contribution in [2.24, 2.45) is 0 Å². The Morgan fingerprint density at radius 3 is 2.41 bits per heavy atom. The number of carboxylic acids is 1. The molecule has 2 fully saturated rings. The van der Waals surface area contributed by atoms with Crippen LogP contribution in [0.25, 0.3) is 11.3 Å². The molecule has 12 heteroatoms. The van der Waals surface area contributed by atoms with Crippen molar-refractivity contribution in [3.63, 3.8) is 0 Å². The minimum Gasteiger partial charge on any atom is -0.481 e. The third-order valence-corrected chi connectivity index (χ3v) is 7.12. The molecule has 2 aliphatic rings. The van der Waals surface area contributed by atoms with Crippen LogP contribution in [0.5, 0.6) is 0 Å². The standard InChI is InChI=1S/C25H29F5N4O3/c26-20-13-32(14-21(20)27)10-9-17(11-24(36)37)33(15-35)23-12-22(34(31-23)16-5-1-2-6-16)18-7-3-4-8-19(18)25(28,29)30/h3-4,7-8,12,15-17,20-21H,1-2,5-6,9-11,13-14H2,(H,36,37)/t17-,20-,21-/m0/s1. The normalized spacial score (nSPS) is 21.9. The Morgan fingerprint density at radius 2 is 1.81 bits per heavy atom. The van der Waals surface area contributed by atoms with E-state index in [0.29, 0.717) is 19.3 Å². The third kappa shape index (κ3) is 6.11. The summed E-state index contributed by atoms with van der Waals surface area (Å²) in [5.41, 5.74) is -0.729. The number of hydrogen-bond acceptors (Lipinski definition) is 4. The maximum Gasteiger partial charge on any atom is 0.417 e. The second-order valence-electron chi connectivity index (χ2n) is 9.66. The second kappa shape index (κ2) is 11.2. The highest BCUT2D eigenvalue weighted by atomic mass is 19.4. The highest BCUT2D eigenvalue weighted by molar-refractivity contribution is 5.79. The van der Waals surface area contributed by atoms with Crippen LogP contribution in [0.1, 0.15) is 50.1 Å². The van der Waals surface area contributed by atoms with Crippen LogP contribution >= 0.6 is 0 Å². The number of rotatable bonds is 10. The maximum atomic E-state index is 13.8. The Hall–Kier alpha value is -3.02. The van der Waals surface area contributed by atoms with Gasteiger partial charge in [0.1, 0.15) is 12.3 Å². The SMILES string of the molecule is O=CN(c1cc(-c2ccccc2C(F)(F)F)n(C2CCCC2)n1)[C@@H](CCN1C[C@H](F)[C@@H](F)C1)CC(=O)O. The molecule has 1 aromatic carbocycles. The Kier molecular flexibility index (Phi) is 8.15. The minimum atomic E-state index is -4.62. The molecule has 1 saturated carbocycles. The number of aromatic nitrogens is 2. The number of carboxylic acid groups (broad SMARTS) is 1. The zero-order valence-electron chi connectivity index (χ0n) is 20.1. The van der Waals surface area contributed by atoms with Gasteiger partial charge in [0.25, 0.3) is 0 Å². The number of benzene rings is 1. The van der Waals surface area contributed by atoms with Crippen molar-refractivity contribution in [2.45, 2.75) is 69.1 Å². The molecule has 0 spiro atoms. The lowest BCUT2D eigenvalue weighted by Gasteiger charge is -2.27. The molecule has 202 valence electrons. The molecule has 37 heavy (non-hydrogen) atoms. The molecule has 0 radical (unpaired) electrons. The number of halogens is 5. The first-order valence-corrected chi connectivity index (χ1v) is 12.3. The van der Waals surface area contributed by atoms with Crippen molar-refractivity contribution in [1.29, 1.82) is 0 Å². The van der Waals surface area contributed by atoms with Crippen LogP contribution in [0, 0.1) is 0 Å². The minimum absolute atomic E-state index is 0.0354. The van der Waals surface area contributed by atoms with Gasteiger partial charge < -0.3 is 5.11 Å². The summed E-state index contributed by atoms with van der Waals surface area (Å²) in [5, 5.41) is 14.0. The molecule has 1 saturated heterocycles. The molecule has 1 aliphatic carbocycles. The van der Waals surface area contributed by atoms with Crippen LogP contribution in [0.2, 0.25) is 0 Å². The van der Waals surface area contributed by atoms with Gasteiger partial charge in [0.05, 0.1) is 23.7 Å². The number of likely N-dealkylation sites (tertiary alicyclic amines) is 1. The highest BCUT2D eigenvalue weighted by Crippen LogP contribution is 2.41. The van der Waals surface area contributed by atoms with E-state index in [2.05, 4.69) is 5.10 Å². The van der Waals surface area contributed by atoms with Crippen molar-refractivity contribution in [1.82, 2.24) is 14.7 Å². The van der Waals surface area contributed by atoms with E-state index in [1.54, 1.807) is 0 Å². The Labute approximate surface area is 210 Å². The quantitative estimate of drug-likeness (QED) is 0.352. The average molecular weight is 529 g/mol. The second-order valence-corrected chi connectivity index (χ2v) is 9.66. The molecule has 1 aromatic heterocycles. The van der Waals surface area contributed by atoms with Gasteiger partial charge in [-0.05, 0) is 25.3 Å². The lowest BCUT2D eigenvalue weighted by atomic mass is 10.0. The maximum absolute atomic E-state index is 13.8. The van der Waals surface area contributed by atoms with Gasteiger partial charge in [-0.3, -0.25) is 24.1 Å². The van der Waals surface area contributed by atoms with Crippen LogP contribution in [0.15, 0.2) is 30.3 Å². The largest absolute Gasteiger partial charge is 0.481 e. The lowest BCUT2D eigenvalue weighted by Crippen LogP contribution is -2.39. The molecule has 7 nitrogen and oxygen atoms in total. The number of nitrogens with zero attached hydrogens (tertiary/aromatic N) is 4. The van der Waals surface area contributed by atoms with Crippen LogP contribution in [0.3, 0.4) is 0 Å². The monoisotopic (exact) mass is 528 g/mol. The molecule has 1 aliphatic heterocycles. The van der Waals surface area contributed by atoms with Gasteiger partial charge in [0, 0.05) is 37.3 Å². The average Bonchev–Trinajstić information content (AvgIpc) is 3.58. The Balaban J connectivity index is 1.69. The van der Waals surface area contributed by atoms with Crippen molar-refractivity contribution in [3.8, 4) is 11.3 Å². The van der Waals surface area contributed by atoms with Crippen LogP contribution in [-0.2, 0) is 15.8 Å². The molecule has 0 bridgehead atoms. The van der Waals surface area contributed by atoms with Gasteiger partial charge in [-0.15, -0.1) is 0 Å². The summed E-state index contributed by atoms with van der Waals surface area (Å²) in [6.07, 6.45) is -4.62. The first-order valence-electron chi connectivity index (χ1n) is 12.3. The summed E-state index contributed by atoms with van der Waals surface area (Å²) in [6.45, 7) is -0.107. The summed E-state index contributed by atoms with van der Waals surface area (Å²) in [4.78, 5) is 26.4. The van der Waals surface area contributed by atoms with E-state index in [-0.39, 0.29) is 49.2 Å². The van der Waals surface area contributed by atoms with Gasteiger partial charge in [0.2, 0.25) is 6.41 Å². The molecule has 4 rings (SSSR count). The summed E-state index contributed by atoms with van der Waals surface area (Å²) in [6, 6.07) is 5.44. The molecule has 2 aromatic rings. The number of anilines is 1. The fraction of sp³-hybridized carbons (Fsp3) is 0.560. The summed E-state index contributed by atoms with van der Waals surface area (Å²) < 4.78 is 70.2. The zero-order chi connectivity index (χ0) is 26.7. The predicted octanol–water partition coefficient (Wildman–Crippen LogP) is 4.87. The number of amides is 1. The summed E-state index contributed by atoms with van der Waals surface area (Å²) in [7, 11) is 0. The molecule has 2 heterocycles. The lowest BCUT2D eigenvalue weighted by molar-refractivity contribution is -0.138. The molecule has 3 atom stereocenters. The van der Waals surface area contributed by atoms with Gasteiger partial charge in [-0.1, -0.05) is 31.0 Å². The topological polar surface area (TPSA) is 78.7 Å². The number of carbonyl (C=O) groups is 2. The zero-order valence-corrected chi connectivity index (χ0v) is 20.1. The van der Waals surface area contributed by atoms with Gasteiger partial charge in [-0.25, -0.2) is 8.78 Å². The van der Waals surface area contributed by atoms with E-state index in [1.807, 2.05) is 0 Å². The van der Waals surface area contributed by atoms with E-state index in [1.165, 1.54) is 33.8 Å². The third-order valence-electron chi connectivity index (χ3n) is 7.12. The molecular formula is C25H29F5N4O3. The van der Waals surface area contributed by atoms with Crippen LogP contribution in [-0.4, -0.2) is 70.2 Å². The molecular weight excluding hydrogens is 499 g/mol. The summed E-state index contributed by atoms with van der Waals surface area (Å²) >= 11 is 0. The Morgan fingerprint density at radius 1 is 1.16 bits per heavy atom. The van der Waals surface area contributed by atoms with Crippen molar-refractivity contribution in [2.75, 3.05) is 24.5 Å². The molecule has 0 unspecified atom stereocenters. The fourth-order valence-corrected chi connectivity index (χ4v) is 5.27. The van der Waals surface area contributed by atoms with Crippen molar-refractivity contribution >= 4 is 18.2 Å². The van der Waals surface area contributed by atoms with E-state index in [0.717, 1.165) is 23.8 Å². The Bertz CT molecular complexity index is 1090. The van der Waals surface area contributed by atoms with Gasteiger partial charge in [-0.2, -0.15) is 18.3 Å². The van der Waals surface area contributed by atoms with Crippen molar-refractivity contribution < 1.29 is 36.6 Å². The number of carbonyl (C=O) groups excluding carboxylic acids is 1. The molecule has 1 N–H and O–H groups in total. The molecule has 1 amide bonds. The van der Waals surface area contributed by atoms with E-state index < -0.39 is 42.5 Å². The van der Waals surface area contributed by atoms with Gasteiger partial charge in [0.15, 0.2) is 5.82 Å². The smallest absolute Gasteiger partial charge is 0.417 e. The highest BCUT2D eigenvalue weighted by Gasteiger charge is 2.37.